The number of carbonyl (C=O) groups excluding carboxylic acids is 1. The maximum atomic E-state index is 13.4. The van der Waals surface area contributed by atoms with Gasteiger partial charge in [-0.1, -0.05) is 24.3 Å². The molecule has 0 aromatic heterocycles. The monoisotopic (exact) mass is 298 g/mol. The number of halogens is 1. The molecule has 1 unspecified atom stereocenters. The summed E-state index contributed by atoms with van der Waals surface area (Å²) in [6.45, 7) is 0.634. The van der Waals surface area contributed by atoms with E-state index in [2.05, 4.69) is 11.0 Å². The zero-order chi connectivity index (χ0) is 15.7. The van der Waals surface area contributed by atoms with Gasteiger partial charge in [0.1, 0.15) is 5.82 Å². The Morgan fingerprint density at radius 1 is 1.18 bits per heavy atom. The lowest BCUT2D eigenvalue weighted by molar-refractivity contribution is 0.0980. The first-order valence-electron chi connectivity index (χ1n) is 7.40. The number of para-hydroxylation sites is 1. The van der Waals surface area contributed by atoms with Gasteiger partial charge in [0.25, 0.3) is 5.91 Å². The third-order valence-corrected chi connectivity index (χ3v) is 4.15. The van der Waals surface area contributed by atoms with Crippen molar-refractivity contribution in [1.29, 1.82) is 0 Å². The van der Waals surface area contributed by atoms with Crippen LogP contribution in [0.3, 0.4) is 0 Å². The second-order valence-corrected chi connectivity index (χ2v) is 5.79. The molecule has 0 aliphatic carbocycles. The maximum Gasteiger partial charge on any atom is 0.258 e. The molecule has 0 radical (unpaired) electrons. The van der Waals surface area contributed by atoms with E-state index < -0.39 is 0 Å². The number of anilines is 1. The van der Waals surface area contributed by atoms with Crippen LogP contribution in [-0.2, 0) is 0 Å². The highest BCUT2D eigenvalue weighted by atomic mass is 19.1. The van der Waals surface area contributed by atoms with Crippen molar-refractivity contribution >= 4 is 11.6 Å². The van der Waals surface area contributed by atoms with E-state index in [9.17, 15) is 9.18 Å². The number of benzene rings is 2. The van der Waals surface area contributed by atoms with Crippen LogP contribution in [-0.4, -0.2) is 31.4 Å². The van der Waals surface area contributed by atoms with Crippen molar-refractivity contribution in [2.24, 2.45) is 0 Å². The van der Waals surface area contributed by atoms with Crippen molar-refractivity contribution in [2.45, 2.75) is 12.5 Å². The molecule has 0 bridgehead atoms. The van der Waals surface area contributed by atoms with E-state index >= 15 is 0 Å². The van der Waals surface area contributed by atoms with Crippen molar-refractivity contribution in [3.63, 3.8) is 0 Å². The van der Waals surface area contributed by atoms with Gasteiger partial charge >= 0.3 is 0 Å². The van der Waals surface area contributed by atoms with E-state index in [1.807, 2.05) is 32.3 Å². The van der Waals surface area contributed by atoms with Gasteiger partial charge in [-0.15, -0.1) is 0 Å². The molecular weight excluding hydrogens is 279 g/mol. The van der Waals surface area contributed by atoms with E-state index in [4.69, 9.17) is 0 Å². The molecule has 1 aliphatic heterocycles. The second kappa shape index (κ2) is 5.89. The zero-order valence-electron chi connectivity index (χ0n) is 12.8. The minimum Gasteiger partial charge on any atom is -0.308 e. The lowest BCUT2D eigenvalue weighted by Crippen LogP contribution is -2.39. The summed E-state index contributed by atoms with van der Waals surface area (Å²) < 4.78 is 13.4. The Labute approximate surface area is 130 Å². The summed E-state index contributed by atoms with van der Waals surface area (Å²) >= 11 is 0. The summed E-state index contributed by atoms with van der Waals surface area (Å²) in [5.41, 5.74) is 2.45. The Balaban J connectivity index is 1.99. The zero-order valence-corrected chi connectivity index (χ0v) is 12.8. The first kappa shape index (κ1) is 14.7. The van der Waals surface area contributed by atoms with Crippen molar-refractivity contribution in [3.05, 3.63) is 65.5 Å². The minimum atomic E-state index is -0.387. The highest BCUT2D eigenvalue weighted by Gasteiger charge is 2.29. The topological polar surface area (TPSA) is 23.6 Å². The van der Waals surface area contributed by atoms with E-state index in [-0.39, 0.29) is 11.7 Å². The van der Waals surface area contributed by atoms with E-state index in [0.29, 0.717) is 18.2 Å². The van der Waals surface area contributed by atoms with E-state index in [1.165, 1.54) is 12.1 Å². The van der Waals surface area contributed by atoms with Gasteiger partial charge in [0.05, 0.1) is 0 Å². The normalized spacial score (nSPS) is 17.5. The summed E-state index contributed by atoms with van der Waals surface area (Å²) in [4.78, 5) is 16.7. The minimum absolute atomic E-state index is 0.149. The molecule has 1 heterocycles. The first-order chi connectivity index (χ1) is 10.6. The maximum absolute atomic E-state index is 13.4. The predicted molar refractivity (Wildman–Crippen MR) is 85.6 cm³/mol. The average molecular weight is 298 g/mol. The van der Waals surface area contributed by atoms with Crippen molar-refractivity contribution in [2.75, 3.05) is 25.5 Å². The third kappa shape index (κ3) is 2.62. The van der Waals surface area contributed by atoms with Crippen molar-refractivity contribution in [3.8, 4) is 0 Å². The standard InChI is InChI=1S/C18H19FN2O/c1-20(2)16-10-11-21(17-9-4-3-8-15(16)17)18(22)13-6-5-7-14(19)12-13/h3-9,12,16H,10-11H2,1-2H3. The van der Waals surface area contributed by atoms with Crippen LogP contribution >= 0.6 is 0 Å². The number of hydrogen-bond acceptors (Lipinski definition) is 2. The Hall–Kier alpha value is -2.20. The molecule has 4 heteroatoms. The number of nitrogens with zero attached hydrogens (tertiary/aromatic N) is 2. The molecule has 3 nitrogen and oxygen atoms in total. The largest absolute Gasteiger partial charge is 0.308 e. The molecule has 22 heavy (non-hydrogen) atoms. The number of rotatable bonds is 2. The molecule has 1 atom stereocenters. The summed E-state index contributed by atoms with van der Waals surface area (Å²) in [5.74, 6) is -0.536. The summed E-state index contributed by atoms with van der Waals surface area (Å²) in [5, 5.41) is 0. The predicted octanol–water partition coefficient (Wildman–Crippen LogP) is 3.48. The molecule has 0 saturated heterocycles. The van der Waals surface area contributed by atoms with Gasteiger partial charge < -0.3 is 9.80 Å². The highest BCUT2D eigenvalue weighted by Crippen LogP contribution is 2.36. The van der Waals surface area contributed by atoms with Gasteiger partial charge in [-0.3, -0.25) is 4.79 Å². The molecular formula is C18H19FN2O. The summed E-state index contributed by atoms with van der Waals surface area (Å²) in [7, 11) is 4.09. The summed E-state index contributed by atoms with van der Waals surface area (Å²) in [6, 6.07) is 14.1. The first-order valence-corrected chi connectivity index (χ1v) is 7.40. The summed E-state index contributed by atoms with van der Waals surface area (Å²) in [6.07, 6.45) is 0.866. The molecule has 0 spiro atoms. The Morgan fingerprint density at radius 3 is 2.68 bits per heavy atom. The molecule has 3 rings (SSSR count). The SMILES string of the molecule is CN(C)C1CCN(C(=O)c2cccc(F)c2)c2ccccc21. The smallest absolute Gasteiger partial charge is 0.258 e. The van der Waals surface area contributed by atoms with Crippen molar-refractivity contribution < 1.29 is 9.18 Å². The number of carbonyl (C=O) groups is 1. The molecule has 2 aromatic rings. The quantitative estimate of drug-likeness (QED) is 0.847. The third-order valence-electron chi connectivity index (χ3n) is 4.15. The molecule has 1 amide bonds. The Morgan fingerprint density at radius 2 is 1.95 bits per heavy atom. The molecule has 114 valence electrons. The van der Waals surface area contributed by atoms with Crippen molar-refractivity contribution in [1.82, 2.24) is 4.90 Å². The van der Waals surface area contributed by atoms with Crippen LogP contribution in [0.5, 0.6) is 0 Å². The molecule has 0 N–H and O–H groups in total. The van der Waals surface area contributed by atoms with Gasteiger partial charge in [-0.2, -0.15) is 0 Å². The fourth-order valence-corrected chi connectivity index (χ4v) is 3.07. The number of fused-ring (bicyclic) bond motifs is 1. The van der Waals surface area contributed by atoms with E-state index in [0.717, 1.165) is 17.7 Å². The highest BCUT2D eigenvalue weighted by molar-refractivity contribution is 6.06. The van der Waals surface area contributed by atoms with Crippen LogP contribution in [0.2, 0.25) is 0 Å². The van der Waals surface area contributed by atoms with Gasteiger partial charge in [-0.05, 0) is 50.3 Å². The van der Waals surface area contributed by atoms with Crippen LogP contribution < -0.4 is 4.90 Å². The number of amides is 1. The van der Waals surface area contributed by atoms with Crippen LogP contribution in [0.4, 0.5) is 10.1 Å². The lowest BCUT2D eigenvalue weighted by atomic mass is 9.95. The van der Waals surface area contributed by atoms with Crippen LogP contribution in [0, 0.1) is 5.82 Å². The average Bonchev–Trinajstić information content (AvgIpc) is 2.53. The van der Waals surface area contributed by atoms with Gasteiger partial charge in [-0.25, -0.2) is 4.39 Å². The molecule has 0 saturated carbocycles. The van der Waals surface area contributed by atoms with Gasteiger partial charge in [0, 0.05) is 23.8 Å². The fourth-order valence-electron chi connectivity index (χ4n) is 3.07. The van der Waals surface area contributed by atoms with Gasteiger partial charge in [0.2, 0.25) is 0 Å². The molecule has 1 aliphatic rings. The number of hydrogen-bond donors (Lipinski definition) is 0. The fraction of sp³-hybridized carbons (Fsp3) is 0.278. The van der Waals surface area contributed by atoms with Crippen LogP contribution in [0.1, 0.15) is 28.4 Å². The lowest BCUT2D eigenvalue weighted by Gasteiger charge is -2.37. The van der Waals surface area contributed by atoms with Crippen LogP contribution in [0.15, 0.2) is 48.5 Å². The Bertz CT molecular complexity index is 699. The molecule has 2 aromatic carbocycles. The van der Waals surface area contributed by atoms with Gasteiger partial charge in [0.15, 0.2) is 0 Å². The molecule has 0 fully saturated rings. The van der Waals surface area contributed by atoms with Crippen LogP contribution in [0.25, 0.3) is 0 Å². The Kier molecular flexibility index (Phi) is 3.94. The second-order valence-electron chi connectivity index (χ2n) is 5.79. The van der Waals surface area contributed by atoms with E-state index in [1.54, 1.807) is 17.0 Å².